The average molecular weight is 533 g/mol. The number of hydrogen-bond acceptors (Lipinski definition) is 6. The van der Waals surface area contributed by atoms with Gasteiger partial charge < -0.3 is 15.0 Å². The number of nitrogens with one attached hydrogen (secondary N) is 1. The summed E-state index contributed by atoms with van der Waals surface area (Å²) < 4.78 is 5.31. The maximum Gasteiger partial charge on any atom is 0.238 e. The van der Waals surface area contributed by atoms with Gasteiger partial charge in [-0.1, -0.05) is 48.5 Å². The van der Waals surface area contributed by atoms with Gasteiger partial charge in [-0.05, 0) is 64.5 Å². The van der Waals surface area contributed by atoms with Crippen LogP contribution >= 0.6 is 11.3 Å². The topological polar surface area (TPSA) is 75.7 Å². The molecular formula is C32H24N2O4S. The number of hydrogen-bond donors (Lipinski definition) is 1. The molecule has 0 bridgehead atoms. The first-order valence-electron chi connectivity index (χ1n) is 12.8. The number of carbonyl (C=O) groups excluding carboxylic acids is 3. The molecule has 6 nitrogen and oxygen atoms in total. The Morgan fingerprint density at radius 3 is 2.46 bits per heavy atom. The molecule has 1 aromatic heterocycles. The molecule has 3 aliphatic heterocycles. The average Bonchev–Trinajstić information content (AvgIpc) is 3.69. The molecule has 3 aromatic carbocycles. The number of carbonyl (C=O) groups is 3. The van der Waals surface area contributed by atoms with Crippen molar-refractivity contribution in [3.05, 3.63) is 124 Å². The standard InChI is InChI=1S/C32H24N2O4S/c1-38-21-14-12-20(13-15-21)28(35)26-27(29(36)25-11-6-18-39-25)34-17-16-19-7-2-3-8-22(19)30(34)32(26)23-9-4-5-10-24(23)33-31(32)37/h2-18,26-27,30H,1H3,(H,33,37)/t26-,27-,30+,32+/m0/s1. The number of thiophene rings is 1. The van der Waals surface area contributed by atoms with Crippen molar-refractivity contribution in [3.63, 3.8) is 0 Å². The van der Waals surface area contributed by atoms with E-state index in [4.69, 9.17) is 4.74 Å². The maximum atomic E-state index is 14.7. The normalized spacial score (nSPS) is 24.2. The number of amides is 1. The van der Waals surface area contributed by atoms with Crippen LogP contribution in [0.2, 0.25) is 0 Å². The summed E-state index contributed by atoms with van der Waals surface area (Å²) >= 11 is 1.35. The molecule has 1 fully saturated rings. The van der Waals surface area contributed by atoms with E-state index in [0.29, 0.717) is 21.9 Å². The fourth-order valence-corrected chi connectivity index (χ4v) is 7.36. The Balaban J connectivity index is 1.53. The van der Waals surface area contributed by atoms with E-state index in [1.165, 1.54) is 11.3 Å². The van der Waals surface area contributed by atoms with Crippen LogP contribution in [0, 0.1) is 5.92 Å². The van der Waals surface area contributed by atoms with Gasteiger partial charge in [0.25, 0.3) is 0 Å². The second-order valence-corrected chi connectivity index (χ2v) is 11.0. The summed E-state index contributed by atoms with van der Waals surface area (Å²) in [6.45, 7) is 0. The summed E-state index contributed by atoms with van der Waals surface area (Å²) in [5, 5.41) is 4.93. The lowest BCUT2D eigenvalue weighted by Crippen LogP contribution is -2.49. The SMILES string of the molecule is COc1ccc(C(=O)[C@@H]2[C@@H](C(=O)c3cccs3)N3C=Cc4ccccc4[C@@H]3[C@]23C(=O)Nc2ccccc23)cc1. The maximum absolute atomic E-state index is 14.7. The van der Waals surface area contributed by atoms with Gasteiger partial charge in [-0.2, -0.15) is 0 Å². The van der Waals surface area contributed by atoms with Crippen LogP contribution in [0.4, 0.5) is 5.69 Å². The van der Waals surface area contributed by atoms with E-state index in [0.717, 1.165) is 16.7 Å². The van der Waals surface area contributed by atoms with Crippen molar-refractivity contribution < 1.29 is 19.1 Å². The largest absolute Gasteiger partial charge is 0.497 e. The second kappa shape index (κ2) is 8.78. The summed E-state index contributed by atoms with van der Waals surface area (Å²) in [6, 6.07) is 24.5. The van der Waals surface area contributed by atoms with Crippen molar-refractivity contribution in [3.8, 4) is 5.75 Å². The number of rotatable bonds is 5. The molecule has 0 aliphatic carbocycles. The molecule has 4 aromatic rings. The van der Waals surface area contributed by atoms with Crippen LogP contribution in [0.15, 0.2) is 96.5 Å². The molecule has 4 heterocycles. The van der Waals surface area contributed by atoms with Gasteiger partial charge >= 0.3 is 0 Å². The summed E-state index contributed by atoms with van der Waals surface area (Å²) in [4.78, 5) is 45.9. The van der Waals surface area contributed by atoms with Crippen molar-refractivity contribution in [2.45, 2.75) is 17.5 Å². The highest BCUT2D eigenvalue weighted by Gasteiger charge is 2.70. The third kappa shape index (κ3) is 3.23. The van der Waals surface area contributed by atoms with E-state index in [-0.39, 0.29) is 17.5 Å². The lowest BCUT2D eigenvalue weighted by Gasteiger charge is -2.38. The number of anilines is 1. The van der Waals surface area contributed by atoms with Crippen molar-refractivity contribution >= 4 is 40.6 Å². The molecule has 1 N–H and O–H groups in total. The molecule has 1 amide bonds. The summed E-state index contributed by atoms with van der Waals surface area (Å²) in [5.74, 6) is -1.04. The molecule has 3 aliphatic rings. The highest BCUT2D eigenvalue weighted by atomic mass is 32.1. The summed E-state index contributed by atoms with van der Waals surface area (Å²) in [5.41, 5.74) is 2.40. The first-order chi connectivity index (χ1) is 19.1. The minimum Gasteiger partial charge on any atom is -0.497 e. The molecule has 0 radical (unpaired) electrons. The van der Waals surface area contributed by atoms with E-state index in [1.54, 1.807) is 37.4 Å². The van der Waals surface area contributed by atoms with Gasteiger partial charge in [-0.3, -0.25) is 14.4 Å². The van der Waals surface area contributed by atoms with E-state index in [1.807, 2.05) is 77.2 Å². The molecule has 1 saturated heterocycles. The molecule has 7 rings (SSSR count). The molecule has 4 atom stereocenters. The molecule has 7 heteroatoms. The number of nitrogens with zero attached hydrogens (tertiary/aromatic N) is 1. The Morgan fingerprint density at radius 2 is 1.69 bits per heavy atom. The highest BCUT2D eigenvalue weighted by Crippen LogP contribution is 2.62. The van der Waals surface area contributed by atoms with Crippen LogP contribution in [-0.4, -0.2) is 35.5 Å². The fraction of sp³-hybridized carbons (Fsp3) is 0.156. The summed E-state index contributed by atoms with van der Waals surface area (Å²) in [6.07, 6.45) is 3.85. The number of methoxy groups -OCH3 is 1. The third-order valence-electron chi connectivity index (χ3n) is 8.26. The highest BCUT2D eigenvalue weighted by molar-refractivity contribution is 7.12. The van der Waals surface area contributed by atoms with Crippen molar-refractivity contribution in [2.24, 2.45) is 5.92 Å². The fourth-order valence-electron chi connectivity index (χ4n) is 6.67. The predicted octanol–water partition coefficient (Wildman–Crippen LogP) is 5.74. The smallest absolute Gasteiger partial charge is 0.238 e. The molecule has 1 spiro atoms. The Kier molecular flexibility index (Phi) is 5.32. The van der Waals surface area contributed by atoms with Gasteiger partial charge in [0.05, 0.1) is 23.9 Å². The molecule has 39 heavy (non-hydrogen) atoms. The first-order valence-corrected chi connectivity index (χ1v) is 13.6. The van der Waals surface area contributed by atoms with Gasteiger partial charge in [0, 0.05) is 17.5 Å². The van der Waals surface area contributed by atoms with Gasteiger partial charge in [-0.15, -0.1) is 11.3 Å². The van der Waals surface area contributed by atoms with E-state index >= 15 is 0 Å². The number of fused-ring (bicyclic) bond motifs is 6. The van der Waals surface area contributed by atoms with Gasteiger partial charge in [0.1, 0.15) is 17.2 Å². The van der Waals surface area contributed by atoms with Crippen molar-refractivity contribution in [1.82, 2.24) is 4.90 Å². The van der Waals surface area contributed by atoms with E-state index in [2.05, 4.69) is 5.32 Å². The zero-order chi connectivity index (χ0) is 26.7. The Bertz CT molecular complexity index is 1660. The van der Waals surface area contributed by atoms with E-state index in [9.17, 15) is 14.4 Å². The van der Waals surface area contributed by atoms with Crippen LogP contribution < -0.4 is 10.1 Å². The number of para-hydroxylation sites is 1. The van der Waals surface area contributed by atoms with Gasteiger partial charge in [0.15, 0.2) is 11.6 Å². The van der Waals surface area contributed by atoms with Crippen LogP contribution in [-0.2, 0) is 10.2 Å². The second-order valence-electron chi connectivity index (χ2n) is 10.0. The quantitative estimate of drug-likeness (QED) is 0.332. The minimum absolute atomic E-state index is 0.167. The Labute approximate surface area is 229 Å². The van der Waals surface area contributed by atoms with Crippen molar-refractivity contribution in [1.29, 1.82) is 0 Å². The lowest BCUT2D eigenvalue weighted by atomic mass is 9.63. The van der Waals surface area contributed by atoms with Gasteiger partial charge in [-0.25, -0.2) is 0 Å². The number of ether oxygens (including phenoxy) is 1. The van der Waals surface area contributed by atoms with Crippen LogP contribution in [0.5, 0.6) is 5.75 Å². The Morgan fingerprint density at radius 1 is 0.923 bits per heavy atom. The van der Waals surface area contributed by atoms with Gasteiger partial charge in [0.2, 0.25) is 5.91 Å². The van der Waals surface area contributed by atoms with Crippen molar-refractivity contribution in [2.75, 3.05) is 12.4 Å². The monoisotopic (exact) mass is 532 g/mol. The zero-order valence-corrected chi connectivity index (χ0v) is 21.9. The van der Waals surface area contributed by atoms with Crippen LogP contribution in [0.3, 0.4) is 0 Å². The molecule has 0 unspecified atom stereocenters. The van der Waals surface area contributed by atoms with Crippen LogP contribution in [0.1, 0.15) is 42.8 Å². The predicted molar refractivity (Wildman–Crippen MR) is 150 cm³/mol. The van der Waals surface area contributed by atoms with E-state index < -0.39 is 23.4 Å². The lowest BCUT2D eigenvalue weighted by molar-refractivity contribution is -0.122. The molecule has 0 saturated carbocycles. The number of ketones is 2. The molecular weight excluding hydrogens is 508 g/mol. The Hall–Kier alpha value is -4.49. The zero-order valence-electron chi connectivity index (χ0n) is 21.0. The minimum atomic E-state index is -1.33. The number of Topliss-reactive ketones (excluding diaryl/α,β-unsaturated/α-hetero) is 2. The first kappa shape index (κ1) is 23.6. The number of benzene rings is 3. The van der Waals surface area contributed by atoms with Crippen LogP contribution in [0.25, 0.3) is 6.08 Å². The summed E-state index contributed by atoms with van der Waals surface area (Å²) in [7, 11) is 1.57. The third-order valence-corrected chi connectivity index (χ3v) is 9.14. The molecule has 192 valence electrons.